The molecule has 2 N–H and O–H groups in total. The molecule has 0 spiro atoms. The van der Waals surface area contributed by atoms with E-state index in [-0.39, 0.29) is 11.0 Å². The summed E-state index contributed by atoms with van der Waals surface area (Å²) in [6, 6.07) is 0. The van der Waals surface area contributed by atoms with Crippen molar-refractivity contribution in [1.29, 1.82) is 0 Å². The Kier molecular flexibility index (Phi) is 4.75. The topological polar surface area (TPSA) is 49.6 Å². The van der Waals surface area contributed by atoms with Crippen LogP contribution in [0.25, 0.3) is 0 Å². The molecule has 0 unspecified atom stereocenters. The Hall–Kier alpha value is -0.610. The summed E-state index contributed by atoms with van der Waals surface area (Å²) in [5.41, 5.74) is 5.94. The summed E-state index contributed by atoms with van der Waals surface area (Å²) in [7, 11) is 0. The average Bonchev–Trinajstić information content (AvgIpc) is 2.46. The molecule has 1 saturated heterocycles. The first-order chi connectivity index (χ1) is 9.39. The van der Waals surface area contributed by atoms with Crippen LogP contribution in [0.2, 0.25) is 0 Å². The molecule has 116 valence electrons. The van der Waals surface area contributed by atoms with Crippen molar-refractivity contribution in [3.63, 3.8) is 0 Å². The Bertz CT molecular complexity index is 334. The first-order valence-corrected chi connectivity index (χ1v) is 8.14. The van der Waals surface area contributed by atoms with Gasteiger partial charge < -0.3 is 10.6 Å². The minimum Gasteiger partial charge on any atom is -0.340 e. The van der Waals surface area contributed by atoms with Crippen molar-refractivity contribution in [1.82, 2.24) is 9.80 Å². The summed E-state index contributed by atoms with van der Waals surface area (Å²) in [5, 5.41) is 0. The van der Waals surface area contributed by atoms with E-state index in [0.29, 0.717) is 12.5 Å². The third-order valence-electron chi connectivity index (χ3n) is 5.17. The van der Waals surface area contributed by atoms with E-state index >= 15 is 0 Å². The zero-order valence-corrected chi connectivity index (χ0v) is 13.5. The molecule has 1 aliphatic carbocycles. The summed E-state index contributed by atoms with van der Waals surface area (Å²) >= 11 is 0. The van der Waals surface area contributed by atoms with E-state index in [2.05, 4.69) is 30.6 Å². The fourth-order valence-electron chi connectivity index (χ4n) is 3.65. The van der Waals surface area contributed by atoms with E-state index in [0.717, 1.165) is 51.9 Å². The standard InChI is InChI=1S/C16H31N3O/c1-15(2,3)19-11-9-18(10-12-19)14(20)16(13-17)7-5-4-6-8-16/h4-13,17H2,1-3H3. The number of hydrogen-bond acceptors (Lipinski definition) is 3. The zero-order chi connectivity index (χ0) is 14.8. The van der Waals surface area contributed by atoms with Gasteiger partial charge in [-0.2, -0.15) is 0 Å². The van der Waals surface area contributed by atoms with E-state index in [1.54, 1.807) is 0 Å². The molecule has 0 aromatic rings. The SMILES string of the molecule is CC(C)(C)N1CCN(C(=O)C2(CN)CCCCC2)CC1. The second-order valence-corrected chi connectivity index (χ2v) is 7.50. The number of carbonyl (C=O) groups is 1. The molecule has 1 aliphatic heterocycles. The molecule has 1 saturated carbocycles. The Morgan fingerprint density at radius 3 is 2.05 bits per heavy atom. The molecule has 4 nitrogen and oxygen atoms in total. The Morgan fingerprint density at radius 2 is 1.60 bits per heavy atom. The van der Waals surface area contributed by atoms with Crippen molar-refractivity contribution in [2.45, 2.75) is 58.4 Å². The number of nitrogens with two attached hydrogens (primary N) is 1. The molecule has 0 bridgehead atoms. The maximum atomic E-state index is 12.9. The predicted octanol–water partition coefficient (Wildman–Crippen LogP) is 1.84. The van der Waals surface area contributed by atoms with Crippen molar-refractivity contribution >= 4 is 5.91 Å². The lowest BCUT2D eigenvalue weighted by atomic mass is 9.73. The van der Waals surface area contributed by atoms with Crippen molar-refractivity contribution in [2.75, 3.05) is 32.7 Å². The number of piperazine rings is 1. The van der Waals surface area contributed by atoms with Crippen LogP contribution < -0.4 is 5.73 Å². The molecule has 4 heteroatoms. The van der Waals surface area contributed by atoms with Gasteiger partial charge in [0.1, 0.15) is 0 Å². The summed E-state index contributed by atoms with van der Waals surface area (Å²) in [6.07, 6.45) is 5.55. The minimum absolute atomic E-state index is 0.200. The number of amides is 1. The van der Waals surface area contributed by atoms with Gasteiger partial charge in [0.15, 0.2) is 0 Å². The molecule has 20 heavy (non-hydrogen) atoms. The number of rotatable bonds is 2. The molecule has 1 heterocycles. The summed E-state index contributed by atoms with van der Waals surface area (Å²) in [5.74, 6) is 0.327. The molecule has 0 atom stereocenters. The molecule has 2 aliphatic rings. The highest BCUT2D eigenvalue weighted by Crippen LogP contribution is 2.37. The third kappa shape index (κ3) is 3.17. The van der Waals surface area contributed by atoms with Crippen LogP contribution in [-0.4, -0.2) is 54.0 Å². The van der Waals surface area contributed by atoms with Gasteiger partial charge in [0.05, 0.1) is 5.41 Å². The maximum absolute atomic E-state index is 12.9. The monoisotopic (exact) mass is 281 g/mol. The Morgan fingerprint density at radius 1 is 1.05 bits per heavy atom. The van der Waals surface area contributed by atoms with E-state index in [9.17, 15) is 4.79 Å². The molecule has 0 aromatic heterocycles. The molecule has 2 rings (SSSR count). The second-order valence-electron chi connectivity index (χ2n) is 7.50. The molecule has 0 aromatic carbocycles. The van der Waals surface area contributed by atoms with Gasteiger partial charge in [-0.25, -0.2) is 0 Å². The van der Waals surface area contributed by atoms with Crippen molar-refractivity contribution in [3.8, 4) is 0 Å². The van der Waals surface area contributed by atoms with E-state index in [1.165, 1.54) is 6.42 Å². The minimum atomic E-state index is -0.248. The highest BCUT2D eigenvalue weighted by Gasteiger charge is 2.41. The van der Waals surface area contributed by atoms with Crippen molar-refractivity contribution in [2.24, 2.45) is 11.1 Å². The van der Waals surface area contributed by atoms with Crippen LogP contribution in [0.5, 0.6) is 0 Å². The van der Waals surface area contributed by atoms with Gasteiger partial charge in [0.25, 0.3) is 0 Å². The van der Waals surface area contributed by atoms with Crippen LogP contribution in [0, 0.1) is 5.41 Å². The molecule has 1 amide bonds. The van der Waals surface area contributed by atoms with E-state index in [4.69, 9.17) is 5.73 Å². The van der Waals surface area contributed by atoms with Crippen LogP contribution in [0.15, 0.2) is 0 Å². The third-order valence-corrected chi connectivity index (χ3v) is 5.17. The fraction of sp³-hybridized carbons (Fsp3) is 0.938. The van der Waals surface area contributed by atoms with Gasteiger partial charge in [-0.3, -0.25) is 9.69 Å². The molecule has 2 fully saturated rings. The van der Waals surface area contributed by atoms with Gasteiger partial charge in [-0.05, 0) is 33.6 Å². The molecular formula is C16H31N3O. The van der Waals surface area contributed by atoms with Crippen LogP contribution in [0.4, 0.5) is 0 Å². The largest absolute Gasteiger partial charge is 0.340 e. The first-order valence-electron chi connectivity index (χ1n) is 8.14. The highest BCUT2D eigenvalue weighted by atomic mass is 16.2. The highest BCUT2D eigenvalue weighted by molar-refractivity contribution is 5.83. The van der Waals surface area contributed by atoms with Gasteiger partial charge in [-0.15, -0.1) is 0 Å². The second kappa shape index (κ2) is 6.02. The van der Waals surface area contributed by atoms with Crippen LogP contribution >= 0.6 is 0 Å². The summed E-state index contributed by atoms with van der Waals surface area (Å²) in [4.78, 5) is 17.4. The summed E-state index contributed by atoms with van der Waals surface area (Å²) in [6.45, 7) is 10.9. The van der Waals surface area contributed by atoms with Crippen LogP contribution in [0.3, 0.4) is 0 Å². The van der Waals surface area contributed by atoms with Gasteiger partial charge in [-0.1, -0.05) is 19.3 Å². The number of hydrogen-bond donors (Lipinski definition) is 1. The van der Waals surface area contributed by atoms with E-state index < -0.39 is 0 Å². The van der Waals surface area contributed by atoms with Gasteiger partial charge in [0.2, 0.25) is 5.91 Å². The smallest absolute Gasteiger partial charge is 0.230 e. The zero-order valence-electron chi connectivity index (χ0n) is 13.5. The first kappa shape index (κ1) is 15.8. The maximum Gasteiger partial charge on any atom is 0.230 e. The molecule has 0 radical (unpaired) electrons. The van der Waals surface area contributed by atoms with Crippen LogP contribution in [-0.2, 0) is 4.79 Å². The normalized spacial score (nSPS) is 24.7. The number of nitrogens with zero attached hydrogens (tertiary/aromatic N) is 2. The predicted molar refractivity (Wildman–Crippen MR) is 82.5 cm³/mol. The molecular weight excluding hydrogens is 250 g/mol. The van der Waals surface area contributed by atoms with Crippen molar-refractivity contribution < 1.29 is 4.79 Å². The summed E-state index contributed by atoms with van der Waals surface area (Å²) < 4.78 is 0. The average molecular weight is 281 g/mol. The quantitative estimate of drug-likeness (QED) is 0.840. The van der Waals surface area contributed by atoms with Crippen molar-refractivity contribution in [3.05, 3.63) is 0 Å². The number of carbonyl (C=O) groups excluding carboxylic acids is 1. The Balaban J connectivity index is 1.97. The Labute approximate surface area is 123 Å². The lowest BCUT2D eigenvalue weighted by Gasteiger charge is -2.45. The van der Waals surface area contributed by atoms with Gasteiger partial charge in [0, 0.05) is 38.3 Å². The fourth-order valence-corrected chi connectivity index (χ4v) is 3.65. The van der Waals surface area contributed by atoms with Gasteiger partial charge >= 0.3 is 0 Å². The lowest BCUT2D eigenvalue weighted by Crippen LogP contribution is -2.58. The van der Waals surface area contributed by atoms with Crippen LogP contribution in [0.1, 0.15) is 52.9 Å². The van der Waals surface area contributed by atoms with E-state index in [1.807, 2.05) is 0 Å². The lowest BCUT2D eigenvalue weighted by molar-refractivity contribution is -0.146.